The molecule has 0 aromatic heterocycles. The van der Waals surface area contributed by atoms with Crippen molar-refractivity contribution >= 4 is 0 Å². The van der Waals surface area contributed by atoms with Gasteiger partial charge in [0.1, 0.15) is 0 Å². The highest BCUT2D eigenvalue weighted by molar-refractivity contribution is 4.83. The van der Waals surface area contributed by atoms with Crippen LogP contribution >= 0.6 is 0 Å². The third kappa shape index (κ3) is 4.43. The summed E-state index contributed by atoms with van der Waals surface area (Å²) < 4.78 is 50.5. The minimum absolute atomic E-state index is 0.0196. The Morgan fingerprint density at radius 2 is 1.82 bits per heavy atom. The van der Waals surface area contributed by atoms with Gasteiger partial charge in [-0.05, 0) is 32.4 Å². The van der Waals surface area contributed by atoms with E-state index in [2.05, 4.69) is 0 Å². The second-order valence-electron chi connectivity index (χ2n) is 4.61. The van der Waals surface area contributed by atoms with Crippen molar-refractivity contribution < 1.29 is 17.6 Å². The molecule has 0 saturated heterocycles. The Hall–Kier alpha value is -0.360. The zero-order chi connectivity index (χ0) is 12.9. The predicted molar refractivity (Wildman–Crippen MR) is 58.5 cm³/mol. The lowest BCUT2D eigenvalue weighted by molar-refractivity contribution is -0.146. The summed E-state index contributed by atoms with van der Waals surface area (Å²) in [5, 5.41) is 0. The molecule has 0 amide bonds. The molecule has 0 bridgehead atoms. The maximum atomic E-state index is 13.1. The summed E-state index contributed by atoms with van der Waals surface area (Å²) >= 11 is 0. The Kier molecular flexibility index (Phi) is 5.66. The second kappa shape index (κ2) is 6.54. The fourth-order valence-corrected chi connectivity index (χ4v) is 2.29. The lowest BCUT2D eigenvalue weighted by Crippen LogP contribution is -2.46. The highest BCUT2D eigenvalue weighted by atomic mass is 19.3. The number of nitrogens with zero attached hydrogens (tertiary/aromatic N) is 1. The molecule has 6 heteroatoms. The molecule has 0 unspecified atom stereocenters. The second-order valence-corrected chi connectivity index (χ2v) is 4.61. The summed E-state index contributed by atoms with van der Waals surface area (Å²) in [6.45, 7) is -0.0811. The molecule has 0 spiro atoms. The van der Waals surface area contributed by atoms with E-state index in [0.717, 1.165) is 25.7 Å². The third-order valence-corrected chi connectivity index (χ3v) is 3.22. The number of nitrogens with two attached hydrogens (primary N) is 1. The van der Waals surface area contributed by atoms with Crippen LogP contribution in [-0.4, -0.2) is 42.9 Å². The quantitative estimate of drug-likeness (QED) is 0.709. The molecule has 17 heavy (non-hydrogen) atoms. The van der Waals surface area contributed by atoms with Gasteiger partial charge in [-0.25, -0.2) is 8.78 Å². The minimum Gasteiger partial charge on any atom is -0.330 e. The molecular weight excluding hydrogens is 236 g/mol. The smallest absolute Gasteiger partial charge is 0.319 e. The van der Waals surface area contributed by atoms with Crippen LogP contribution in [0.2, 0.25) is 0 Å². The molecule has 1 aliphatic rings. The lowest BCUT2D eigenvalue weighted by Gasteiger charge is -2.31. The topological polar surface area (TPSA) is 29.3 Å². The zero-order valence-corrected chi connectivity index (χ0v) is 9.85. The number of alkyl halides is 4. The molecule has 1 saturated carbocycles. The monoisotopic (exact) mass is 256 g/mol. The van der Waals surface area contributed by atoms with Crippen LogP contribution in [0.25, 0.3) is 0 Å². The fourth-order valence-electron chi connectivity index (χ4n) is 2.29. The van der Waals surface area contributed by atoms with Crippen molar-refractivity contribution in [2.24, 2.45) is 5.73 Å². The highest BCUT2D eigenvalue weighted by Gasteiger charge is 2.43. The van der Waals surface area contributed by atoms with Crippen LogP contribution in [0.15, 0.2) is 0 Å². The van der Waals surface area contributed by atoms with Gasteiger partial charge in [0.05, 0.1) is 6.54 Å². The molecule has 1 fully saturated rings. The molecule has 2 N–H and O–H groups in total. The molecule has 0 aliphatic heterocycles. The van der Waals surface area contributed by atoms with Crippen LogP contribution in [0.5, 0.6) is 0 Å². The van der Waals surface area contributed by atoms with Crippen molar-refractivity contribution in [2.45, 2.75) is 50.5 Å². The van der Waals surface area contributed by atoms with Crippen LogP contribution in [-0.2, 0) is 0 Å². The van der Waals surface area contributed by atoms with Gasteiger partial charge in [-0.2, -0.15) is 8.78 Å². The summed E-state index contributed by atoms with van der Waals surface area (Å²) in [6.07, 6.45) is 0.599. The Morgan fingerprint density at radius 3 is 2.29 bits per heavy atom. The summed E-state index contributed by atoms with van der Waals surface area (Å²) in [7, 11) is 0. The maximum Gasteiger partial charge on any atom is 0.319 e. The third-order valence-electron chi connectivity index (χ3n) is 3.22. The number of rotatable bonds is 7. The molecule has 0 heterocycles. The first-order chi connectivity index (χ1) is 7.97. The standard InChI is InChI=1S/C11H20F4N2/c12-10(13)11(14,15)8-17(7-3-6-16)9-4-1-2-5-9/h9-10H,1-8,16H2. The van der Waals surface area contributed by atoms with Gasteiger partial charge in [0.15, 0.2) is 0 Å². The number of hydrogen-bond acceptors (Lipinski definition) is 2. The van der Waals surface area contributed by atoms with Crippen molar-refractivity contribution in [3.63, 3.8) is 0 Å². The van der Waals surface area contributed by atoms with E-state index in [0.29, 0.717) is 19.5 Å². The van der Waals surface area contributed by atoms with Crippen LogP contribution in [0, 0.1) is 0 Å². The molecule has 0 aromatic carbocycles. The summed E-state index contributed by atoms with van der Waals surface area (Å²) in [4.78, 5) is 1.49. The molecule has 0 radical (unpaired) electrons. The van der Waals surface area contributed by atoms with E-state index >= 15 is 0 Å². The Bertz CT molecular complexity index is 218. The van der Waals surface area contributed by atoms with E-state index in [9.17, 15) is 17.6 Å². The first-order valence-corrected chi connectivity index (χ1v) is 6.07. The Balaban J connectivity index is 2.55. The van der Waals surface area contributed by atoms with Crippen LogP contribution in [0.1, 0.15) is 32.1 Å². The van der Waals surface area contributed by atoms with Crippen LogP contribution in [0.3, 0.4) is 0 Å². The van der Waals surface area contributed by atoms with Crippen molar-refractivity contribution in [2.75, 3.05) is 19.6 Å². The summed E-state index contributed by atoms with van der Waals surface area (Å²) in [6, 6.07) is 0.0196. The van der Waals surface area contributed by atoms with Crippen molar-refractivity contribution in [3.8, 4) is 0 Å². The van der Waals surface area contributed by atoms with Crippen molar-refractivity contribution in [3.05, 3.63) is 0 Å². The molecule has 102 valence electrons. The zero-order valence-electron chi connectivity index (χ0n) is 9.85. The average molecular weight is 256 g/mol. The van der Waals surface area contributed by atoms with Gasteiger partial charge in [-0.3, -0.25) is 4.90 Å². The Labute approximate surface area is 99.1 Å². The number of hydrogen-bond donors (Lipinski definition) is 1. The Morgan fingerprint density at radius 1 is 1.24 bits per heavy atom. The number of halogens is 4. The summed E-state index contributed by atoms with van der Waals surface area (Å²) in [5.74, 6) is -3.92. The van der Waals surface area contributed by atoms with E-state index in [1.807, 2.05) is 0 Å². The molecule has 0 atom stereocenters. The maximum absolute atomic E-state index is 13.1. The fraction of sp³-hybridized carbons (Fsp3) is 1.00. The molecular formula is C11H20F4N2. The van der Waals surface area contributed by atoms with Gasteiger partial charge >= 0.3 is 12.3 Å². The van der Waals surface area contributed by atoms with Gasteiger partial charge in [0.2, 0.25) is 0 Å². The minimum atomic E-state index is -3.92. The van der Waals surface area contributed by atoms with Gasteiger partial charge in [-0.15, -0.1) is 0 Å². The van der Waals surface area contributed by atoms with Gasteiger partial charge in [-0.1, -0.05) is 12.8 Å². The van der Waals surface area contributed by atoms with Crippen LogP contribution in [0.4, 0.5) is 17.6 Å². The SMILES string of the molecule is NCCCN(CC(F)(F)C(F)F)C1CCCC1. The lowest BCUT2D eigenvalue weighted by atomic mass is 10.1. The summed E-state index contributed by atoms with van der Waals surface area (Å²) in [5.41, 5.74) is 5.34. The first kappa shape index (κ1) is 14.7. The van der Waals surface area contributed by atoms with E-state index in [1.165, 1.54) is 4.90 Å². The molecule has 0 aromatic rings. The molecule has 1 aliphatic carbocycles. The highest BCUT2D eigenvalue weighted by Crippen LogP contribution is 2.29. The van der Waals surface area contributed by atoms with Gasteiger partial charge < -0.3 is 5.73 Å². The van der Waals surface area contributed by atoms with E-state index < -0.39 is 18.9 Å². The predicted octanol–water partition coefficient (Wildman–Crippen LogP) is 2.48. The first-order valence-electron chi connectivity index (χ1n) is 6.07. The molecule has 1 rings (SSSR count). The van der Waals surface area contributed by atoms with E-state index in [-0.39, 0.29) is 6.04 Å². The van der Waals surface area contributed by atoms with Crippen molar-refractivity contribution in [1.29, 1.82) is 0 Å². The van der Waals surface area contributed by atoms with E-state index in [1.54, 1.807) is 0 Å². The van der Waals surface area contributed by atoms with Gasteiger partial charge in [0, 0.05) is 6.04 Å². The normalized spacial score (nSPS) is 18.5. The molecule has 2 nitrogen and oxygen atoms in total. The average Bonchev–Trinajstić information content (AvgIpc) is 2.77. The van der Waals surface area contributed by atoms with E-state index in [4.69, 9.17) is 5.73 Å². The van der Waals surface area contributed by atoms with Gasteiger partial charge in [0.25, 0.3) is 0 Å². The largest absolute Gasteiger partial charge is 0.330 e. The van der Waals surface area contributed by atoms with Crippen LogP contribution < -0.4 is 5.73 Å². The van der Waals surface area contributed by atoms with Crippen molar-refractivity contribution in [1.82, 2.24) is 4.90 Å².